The maximum Gasteiger partial charge on any atom is 0.419 e. The smallest absolute Gasteiger partial charge is 0.419 e. The number of imidazole rings is 1. The summed E-state index contributed by atoms with van der Waals surface area (Å²) in [6.45, 7) is 2.80. The summed E-state index contributed by atoms with van der Waals surface area (Å²) in [6, 6.07) is 0. The molecule has 0 aliphatic heterocycles. The van der Waals surface area contributed by atoms with E-state index in [1.54, 1.807) is 12.4 Å². The Hall–Kier alpha value is -1.32. The molecule has 2 rings (SSSR count). The van der Waals surface area contributed by atoms with Gasteiger partial charge in [0.25, 0.3) is 0 Å². The van der Waals surface area contributed by atoms with Crippen LogP contribution in [-0.4, -0.2) is 22.3 Å². The monoisotopic (exact) mass is 250 g/mol. The van der Waals surface area contributed by atoms with E-state index in [4.69, 9.17) is 4.74 Å². The minimum absolute atomic E-state index is 0.315. The summed E-state index contributed by atoms with van der Waals surface area (Å²) >= 11 is 0. The van der Waals surface area contributed by atoms with E-state index < -0.39 is 0 Å². The van der Waals surface area contributed by atoms with Crippen LogP contribution in [0.3, 0.4) is 0 Å². The molecule has 18 heavy (non-hydrogen) atoms. The molecule has 0 spiro atoms. The van der Waals surface area contributed by atoms with Gasteiger partial charge in [0, 0.05) is 12.4 Å². The van der Waals surface area contributed by atoms with Crippen LogP contribution < -0.4 is 0 Å². The molecule has 2 unspecified atom stereocenters. The van der Waals surface area contributed by atoms with E-state index in [-0.39, 0.29) is 6.09 Å². The van der Waals surface area contributed by atoms with Gasteiger partial charge in [-0.05, 0) is 24.7 Å². The highest BCUT2D eigenvalue weighted by Crippen LogP contribution is 2.29. The van der Waals surface area contributed by atoms with Crippen molar-refractivity contribution in [2.45, 2.75) is 45.4 Å². The Morgan fingerprint density at radius 2 is 2.17 bits per heavy atom. The first-order chi connectivity index (χ1) is 8.79. The summed E-state index contributed by atoms with van der Waals surface area (Å²) in [5.41, 5.74) is 0. The lowest BCUT2D eigenvalue weighted by molar-refractivity contribution is 0.120. The highest BCUT2D eigenvalue weighted by Gasteiger charge is 2.20. The highest BCUT2D eigenvalue weighted by molar-refractivity contribution is 5.69. The minimum Gasteiger partial charge on any atom is -0.449 e. The standard InChI is InChI=1S/C14H22N2O2/c1-2-12-5-3-4-6-13(9-12)10-18-14(17)16-8-7-15-11-16/h7-8,11-13H,2-6,9-10H2,1H3. The fourth-order valence-corrected chi connectivity index (χ4v) is 2.73. The third kappa shape index (κ3) is 3.59. The highest BCUT2D eigenvalue weighted by atomic mass is 16.5. The van der Waals surface area contributed by atoms with Gasteiger partial charge in [-0.15, -0.1) is 0 Å². The quantitative estimate of drug-likeness (QED) is 0.771. The van der Waals surface area contributed by atoms with Gasteiger partial charge in [-0.3, -0.25) is 0 Å². The number of aromatic nitrogens is 2. The van der Waals surface area contributed by atoms with E-state index >= 15 is 0 Å². The number of hydrogen-bond donors (Lipinski definition) is 0. The van der Waals surface area contributed by atoms with Gasteiger partial charge in [-0.25, -0.2) is 14.3 Å². The van der Waals surface area contributed by atoms with Crippen molar-refractivity contribution in [2.24, 2.45) is 11.8 Å². The Morgan fingerprint density at radius 3 is 2.83 bits per heavy atom. The number of carbonyl (C=O) groups excluding carboxylic acids is 1. The van der Waals surface area contributed by atoms with Crippen molar-refractivity contribution in [1.82, 2.24) is 9.55 Å². The Morgan fingerprint density at radius 1 is 1.39 bits per heavy atom. The number of carbonyl (C=O) groups is 1. The zero-order chi connectivity index (χ0) is 12.8. The summed E-state index contributed by atoms with van der Waals surface area (Å²) in [7, 11) is 0. The van der Waals surface area contributed by atoms with Crippen LogP contribution in [0.1, 0.15) is 45.4 Å². The van der Waals surface area contributed by atoms with E-state index in [0.29, 0.717) is 12.5 Å². The lowest BCUT2D eigenvalue weighted by atomic mass is 9.92. The molecular formula is C14H22N2O2. The van der Waals surface area contributed by atoms with Crippen molar-refractivity contribution in [3.05, 3.63) is 18.7 Å². The van der Waals surface area contributed by atoms with E-state index in [1.807, 2.05) is 0 Å². The second-order valence-electron chi connectivity index (χ2n) is 5.21. The molecular weight excluding hydrogens is 228 g/mol. The van der Waals surface area contributed by atoms with Gasteiger partial charge < -0.3 is 4.74 Å². The molecule has 2 atom stereocenters. The van der Waals surface area contributed by atoms with Crippen LogP contribution >= 0.6 is 0 Å². The third-order valence-electron chi connectivity index (χ3n) is 3.88. The molecule has 4 nitrogen and oxygen atoms in total. The Labute approximate surface area is 108 Å². The number of hydrogen-bond acceptors (Lipinski definition) is 3. The SMILES string of the molecule is CCC1CCCCC(COC(=O)n2ccnc2)C1. The molecule has 1 heterocycles. The average Bonchev–Trinajstić information content (AvgIpc) is 2.82. The zero-order valence-corrected chi connectivity index (χ0v) is 11.0. The Balaban J connectivity index is 1.80. The predicted octanol–water partition coefficient (Wildman–Crippen LogP) is 3.47. The minimum atomic E-state index is -0.315. The molecule has 0 amide bonds. The molecule has 1 aromatic rings. The normalized spacial score (nSPS) is 24.5. The van der Waals surface area contributed by atoms with E-state index in [1.165, 1.54) is 49.4 Å². The molecule has 100 valence electrons. The topological polar surface area (TPSA) is 44.1 Å². The van der Waals surface area contributed by atoms with Crippen molar-refractivity contribution < 1.29 is 9.53 Å². The summed E-state index contributed by atoms with van der Waals surface area (Å²) in [5.74, 6) is 1.34. The van der Waals surface area contributed by atoms with Gasteiger partial charge in [0.05, 0.1) is 6.61 Å². The molecule has 0 radical (unpaired) electrons. The van der Waals surface area contributed by atoms with Crippen LogP contribution in [0.4, 0.5) is 4.79 Å². The molecule has 1 fully saturated rings. The lowest BCUT2D eigenvalue weighted by Gasteiger charge is -2.18. The fourth-order valence-electron chi connectivity index (χ4n) is 2.73. The molecule has 0 saturated heterocycles. The molecule has 1 aromatic heterocycles. The van der Waals surface area contributed by atoms with Gasteiger partial charge >= 0.3 is 6.09 Å². The summed E-state index contributed by atoms with van der Waals surface area (Å²) in [5, 5.41) is 0. The van der Waals surface area contributed by atoms with Crippen molar-refractivity contribution in [2.75, 3.05) is 6.61 Å². The number of rotatable bonds is 3. The molecule has 0 N–H and O–H groups in total. The van der Waals surface area contributed by atoms with Gasteiger partial charge in [-0.2, -0.15) is 0 Å². The maximum absolute atomic E-state index is 11.7. The summed E-state index contributed by atoms with van der Waals surface area (Å²) in [6.07, 6.45) is 11.9. The fraction of sp³-hybridized carbons (Fsp3) is 0.714. The molecule has 0 aromatic carbocycles. The molecule has 0 bridgehead atoms. The zero-order valence-electron chi connectivity index (χ0n) is 11.0. The largest absolute Gasteiger partial charge is 0.449 e. The first-order valence-electron chi connectivity index (χ1n) is 6.94. The second kappa shape index (κ2) is 6.57. The van der Waals surface area contributed by atoms with Gasteiger partial charge in [0.15, 0.2) is 0 Å². The van der Waals surface area contributed by atoms with Crippen LogP contribution in [0.2, 0.25) is 0 Å². The molecule has 1 saturated carbocycles. The maximum atomic E-state index is 11.7. The van der Waals surface area contributed by atoms with Crippen molar-refractivity contribution in [3.63, 3.8) is 0 Å². The van der Waals surface area contributed by atoms with Crippen molar-refractivity contribution >= 4 is 6.09 Å². The second-order valence-corrected chi connectivity index (χ2v) is 5.21. The molecule has 1 aliphatic carbocycles. The average molecular weight is 250 g/mol. The first-order valence-corrected chi connectivity index (χ1v) is 6.94. The van der Waals surface area contributed by atoms with Crippen LogP contribution in [0.15, 0.2) is 18.7 Å². The third-order valence-corrected chi connectivity index (χ3v) is 3.88. The van der Waals surface area contributed by atoms with E-state index in [2.05, 4.69) is 11.9 Å². The Kier molecular flexibility index (Phi) is 4.79. The van der Waals surface area contributed by atoms with Crippen molar-refractivity contribution in [1.29, 1.82) is 0 Å². The van der Waals surface area contributed by atoms with Crippen LogP contribution in [-0.2, 0) is 4.74 Å². The summed E-state index contributed by atoms with van der Waals surface area (Å²) < 4.78 is 6.74. The van der Waals surface area contributed by atoms with Gasteiger partial charge in [-0.1, -0.05) is 32.6 Å². The number of nitrogens with zero attached hydrogens (tertiary/aromatic N) is 2. The summed E-state index contributed by atoms with van der Waals surface area (Å²) in [4.78, 5) is 15.5. The van der Waals surface area contributed by atoms with Gasteiger partial charge in [0.2, 0.25) is 0 Å². The number of ether oxygens (including phenoxy) is 1. The molecule has 1 aliphatic rings. The first kappa shape index (κ1) is 13.1. The van der Waals surface area contributed by atoms with Crippen LogP contribution in [0.5, 0.6) is 0 Å². The predicted molar refractivity (Wildman–Crippen MR) is 69.3 cm³/mol. The van der Waals surface area contributed by atoms with E-state index in [9.17, 15) is 4.79 Å². The lowest BCUT2D eigenvalue weighted by Crippen LogP contribution is -2.18. The van der Waals surface area contributed by atoms with Crippen LogP contribution in [0.25, 0.3) is 0 Å². The van der Waals surface area contributed by atoms with Gasteiger partial charge in [0.1, 0.15) is 6.33 Å². The van der Waals surface area contributed by atoms with E-state index in [0.717, 1.165) is 5.92 Å². The van der Waals surface area contributed by atoms with Crippen molar-refractivity contribution in [3.8, 4) is 0 Å². The Bertz CT molecular complexity index is 362. The van der Waals surface area contributed by atoms with Crippen LogP contribution in [0, 0.1) is 11.8 Å². The molecule has 4 heteroatoms.